The Labute approximate surface area is 405 Å². The summed E-state index contributed by atoms with van der Waals surface area (Å²) in [5.41, 5.74) is 0. The second kappa shape index (κ2) is 53.4. The molecule has 6 heteroatoms. The van der Waals surface area contributed by atoms with E-state index in [1.54, 1.807) is 0 Å². The maximum absolute atomic E-state index is 12.8. The lowest BCUT2D eigenvalue weighted by atomic mass is 10.1. The smallest absolute Gasteiger partial charge is 0.306 e. The predicted octanol–water partition coefficient (Wildman–Crippen LogP) is 17.7. The fraction of sp³-hybridized carbons (Fsp3) is 0.617. The van der Waals surface area contributed by atoms with Gasteiger partial charge in [-0.25, -0.2) is 0 Å². The quantitative estimate of drug-likeness (QED) is 0.0262. The molecule has 1 atom stereocenters. The Hall–Kier alpha value is -4.19. The van der Waals surface area contributed by atoms with Crippen LogP contribution in [0.15, 0.2) is 122 Å². The molecule has 0 heterocycles. The highest BCUT2D eigenvalue weighted by molar-refractivity contribution is 5.71. The van der Waals surface area contributed by atoms with Gasteiger partial charge < -0.3 is 14.2 Å². The van der Waals surface area contributed by atoms with Crippen LogP contribution in [0, 0.1) is 0 Å². The molecule has 0 saturated heterocycles. The average Bonchev–Trinajstić information content (AvgIpc) is 3.31. The van der Waals surface area contributed by atoms with Gasteiger partial charge in [0.15, 0.2) is 6.10 Å². The highest BCUT2D eigenvalue weighted by Crippen LogP contribution is 2.12. The van der Waals surface area contributed by atoms with E-state index in [9.17, 15) is 14.4 Å². The summed E-state index contributed by atoms with van der Waals surface area (Å²) in [5, 5.41) is 0. The van der Waals surface area contributed by atoms with Crippen molar-refractivity contribution in [3.05, 3.63) is 122 Å². The molecule has 0 spiro atoms. The molecule has 66 heavy (non-hydrogen) atoms. The molecule has 0 aliphatic rings. The molecule has 0 saturated carbocycles. The zero-order valence-corrected chi connectivity index (χ0v) is 42.4. The minimum absolute atomic E-state index is 0.121. The van der Waals surface area contributed by atoms with E-state index in [4.69, 9.17) is 14.2 Å². The van der Waals surface area contributed by atoms with Crippen molar-refractivity contribution >= 4 is 17.9 Å². The molecular formula is C60H96O6. The first-order valence-electron chi connectivity index (χ1n) is 26.5. The van der Waals surface area contributed by atoms with Crippen molar-refractivity contribution in [2.45, 2.75) is 226 Å². The molecule has 0 bridgehead atoms. The zero-order chi connectivity index (χ0) is 47.9. The van der Waals surface area contributed by atoms with Crippen LogP contribution in [0.5, 0.6) is 0 Å². The highest BCUT2D eigenvalue weighted by atomic mass is 16.6. The summed E-state index contributed by atoms with van der Waals surface area (Å²) < 4.78 is 16.7. The molecule has 0 aliphatic carbocycles. The van der Waals surface area contributed by atoms with Gasteiger partial charge in [-0.1, -0.05) is 206 Å². The van der Waals surface area contributed by atoms with Crippen LogP contribution >= 0.6 is 0 Å². The SMILES string of the molecule is CC/C=C\C/C=C\C/C=C\C/C=C\C/C=C\CCCCCC(=O)OCC(COC(=O)CC/C=C\C/C=C\CCCCCCCC)OC(=O)CCCCCCCC/C=C\C/C=C\C/C=C\CC. The topological polar surface area (TPSA) is 78.9 Å². The molecule has 6 nitrogen and oxygen atoms in total. The number of ether oxygens (including phenoxy) is 3. The van der Waals surface area contributed by atoms with Gasteiger partial charge in [-0.3, -0.25) is 14.4 Å². The van der Waals surface area contributed by atoms with E-state index in [0.717, 1.165) is 122 Å². The van der Waals surface area contributed by atoms with Crippen LogP contribution in [-0.4, -0.2) is 37.2 Å². The van der Waals surface area contributed by atoms with Crippen LogP contribution in [0.2, 0.25) is 0 Å². The standard InChI is InChI=1S/C60H96O6/c1-4-7-10-13-16-19-22-25-27-29-30-31-33-35-38-41-44-47-50-53-59(62)65-56-57(55-64-58(61)52-49-46-43-40-37-34-24-21-18-15-12-9-6-3)66-60(63)54-51-48-45-42-39-36-32-28-26-23-20-17-14-11-8-5-2/h7-8,10-11,16-17,19-20,25-28,30-31,34-35,37-38,43,46,57H,4-6,9,12-15,18,21-24,29,32-33,36,39-42,44-45,47-56H2,1-3H3/b10-7-,11-8-,19-16-,20-17-,27-25-,28-26-,31-30-,37-34-,38-35-,46-43-. The first kappa shape index (κ1) is 61.8. The minimum atomic E-state index is -0.825. The van der Waals surface area contributed by atoms with Gasteiger partial charge in [-0.15, -0.1) is 0 Å². The Morgan fingerprint density at radius 1 is 0.318 bits per heavy atom. The summed E-state index contributed by atoms with van der Waals surface area (Å²) in [4.78, 5) is 38.0. The summed E-state index contributed by atoms with van der Waals surface area (Å²) in [7, 11) is 0. The molecule has 0 fully saturated rings. The van der Waals surface area contributed by atoms with Gasteiger partial charge in [0, 0.05) is 19.3 Å². The third-order valence-corrected chi connectivity index (χ3v) is 10.7. The monoisotopic (exact) mass is 913 g/mol. The number of carbonyl (C=O) groups is 3. The van der Waals surface area contributed by atoms with Crippen LogP contribution in [0.4, 0.5) is 0 Å². The maximum Gasteiger partial charge on any atom is 0.306 e. The highest BCUT2D eigenvalue weighted by Gasteiger charge is 2.19. The lowest BCUT2D eigenvalue weighted by molar-refractivity contribution is -0.166. The number of carbonyl (C=O) groups excluding carboxylic acids is 3. The summed E-state index contributed by atoms with van der Waals surface area (Å²) >= 11 is 0. The van der Waals surface area contributed by atoms with E-state index in [1.807, 2.05) is 6.08 Å². The van der Waals surface area contributed by atoms with Crippen LogP contribution in [-0.2, 0) is 28.6 Å². The Bertz CT molecular complexity index is 1420. The van der Waals surface area contributed by atoms with E-state index < -0.39 is 6.10 Å². The van der Waals surface area contributed by atoms with Crippen LogP contribution < -0.4 is 0 Å². The Morgan fingerprint density at radius 2 is 0.621 bits per heavy atom. The lowest BCUT2D eigenvalue weighted by Gasteiger charge is -2.18. The molecule has 0 aliphatic heterocycles. The molecule has 0 aromatic carbocycles. The van der Waals surface area contributed by atoms with Gasteiger partial charge in [-0.2, -0.15) is 0 Å². The van der Waals surface area contributed by atoms with E-state index >= 15 is 0 Å². The summed E-state index contributed by atoms with van der Waals surface area (Å²) in [6.45, 7) is 6.30. The third-order valence-electron chi connectivity index (χ3n) is 10.7. The van der Waals surface area contributed by atoms with Gasteiger partial charge in [0.2, 0.25) is 0 Å². The first-order valence-corrected chi connectivity index (χ1v) is 26.5. The van der Waals surface area contributed by atoms with Crippen molar-refractivity contribution in [2.24, 2.45) is 0 Å². The largest absolute Gasteiger partial charge is 0.462 e. The van der Waals surface area contributed by atoms with Crippen molar-refractivity contribution in [3.8, 4) is 0 Å². The average molecular weight is 913 g/mol. The number of esters is 3. The molecular weight excluding hydrogens is 817 g/mol. The van der Waals surface area contributed by atoms with Crippen molar-refractivity contribution in [2.75, 3.05) is 13.2 Å². The summed E-state index contributed by atoms with van der Waals surface area (Å²) in [5.74, 6) is -1.04. The Morgan fingerprint density at radius 3 is 1.03 bits per heavy atom. The van der Waals surface area contributed by atoms with E-state index in [1.165, 1.54) is 51.4 Å². The summed E-state index contributed by atoms with van der Waals surface area (Å²) in [6, 6.07) is 0. The van der Waals surface area contributed by atoms with Crippen LogP contribution in [0.1, 0.15) is 220 Å². The zero-order valence-electron chi connectivity index (χ0n) is 42.4. The van der Waals surface area contributed by atoms with Crippen LogP contribution in [0.25, 0.3) is 0 Å². The van der Waals surface area contributed by atoms with Crippen molar-refractivity contribution in [1.82, 2.24) is 0 Å². The van der Waals surface area contributed by atoms with E-state index in [-0.39, 0.29) is 37.5 Å². The molecule has 0 aromatic rings. The number of hydrogen-bond acceptors (Lipinski definition) is 6. The van der Waals surface area contributed by atoms with Crippen LogP contribution in [0.3, 0.4) is 0 Å². The number of hydrogen-bond donors (Lipinski definition) is 0. The van der Waals surface area contributed by atoms with E-state index in [2.05, 4.69) is 136 Å². The maximum atomic E-state index is 12.8. The van der Waals surface area contributed by atoms with E-state index in [0.29, 0.717) is 19.3 Å². The van der Waals surface area contributed by atoms with Crippen molar-refractivity contribution in [1.29, 1.82) is 0 Å². The Kier molecular flexibility index (Phi) is 50.0. The second-order valence-electron chi connectivity index (χ2n) is 17.0. The van der Waals surface area contributed by atoms with Crippen molar-refractivity contribution < 1.29 is 28.6 Å². The number of unbranched alkanes of at least 4 members (excludes halogenated alkanes) is 15. The van der Waals surface area contributed by atoms with Gasteiger partial charge in [0.05, 0.1) is 0 Å². The van der Waals surface area contributed by atoms with Gasteiger partial charge in [0.1, 0.15) is 13.2 Å². The minimum Gasteiger partial charge on any atom is -0.462 e. The Balaban J connectivity index is 4.54. The normalized spacial score (nSPS) is 13.1. The molecule has 0 amide bonds. The molecule has 372 valence electrons. The lowest BCUT2D eigenvalue weighted by Crippen LogP contribution is -2.30. The number of allylic oxidation sites excluding steroid dienone is 20. The first-order chi connectivity index (χ1) is 32.5. The second-order valence-corrected chi connectivity index (χ2v) is 17.0. The molecule has 0 N–H and O–H groups in total. The molecule has 0 aromatic heterocycles. The third kappa shape index (κ3) is 50.8. The van der Waals surface area contributed by atoms with Gasteiger partial charge >= 0.3 is 17.9 Å². The number of rotatable bonds is 46. The van der Waals surface area contributed by atoms with Crippen molar-refractivity contribution in [3.63, 3.8) is 0 Å². The fourth-order valence-electron chi connectivity index (χ4n) is 6.77. The molecule has 1 unspecified atom stereocenters. The molecule has 0 radical (unpaired) electrons. The fourth-order valence-corrected chi connectivity index (χ4v) is 6.77. The summed E-state index contributed by atoms with van der Waals surface area (Å²) in [6.07, 6.45) is 73.4. The molecule has 0 rings (SSSR count). The van der Waals surface area contributed by atoms with Gasteiger partial charge in [0.25, 0.3) is 0 Å². The predicted molar refractivity (Wildman–Crippen MR) is 283 cm³/mol. The van der Waals surface area contributed by atoms with Gasteiger partial charge in [-0.05, 0) is 116 Å².